The zero-order valence-electron chi connectivity index (χ0n) is 15.3. The highest BCUT2D eigenvalue weighted by Crippen LogP contribution is 2.34. The summed E-state index contributed by atoms with van der Waals surface area (Å²) >= 11 is 12.3. The lowest BCUT2D eigenvalue weighted by Crippen LogP contribution is -2.08. The Morgan fingerprint density at radius 3 is 2.62 bits per heavy atom. The lowest BCUT2D eigenvalue weighted by Gasteiger charge is -2.17. The summed E-state index contributed by atoms with van der Waals surface area (Å²) < 4.78 is 21.4. The number of phenolic OH excluding ortho intramolecular Hbond substituents is 1. The average molecular weight is 432 g/mol. The normalized spacial score (nSPS) is 12.3. The number of aromatic nitrogens is 3. The lowest BCUT2D eigenvalue weighted by atomic mass is 10.1. The van der Waals surface area contributed by atoms with Crippen LogP contribution in [0, 0.1) is 5.82 Å². The highest BCUT2D eigenvalue weighted by molar-refractivity contribution is 6.36. The van der Waals surface area contributed by atoms with Crippen molar-refractivity contribution in [1.82, 2.24) is 14.6 Å². The Kier molecular flexibility index (Phi) is 5.30. The largest absolute Gasteiger partial charge is 0.508 e. The molecule has 1 unspecified atom stereocenters. The summed E-state index contributed by atoms with van der Waals surface area (Å²) in [6.07, 6.45) is 1.71. The minimum atomic E-state index is -0.611. The quantitative estimate of drug-likeness (QED) is 0.417. The number of benzene rings is 2. The van der Waals surface area contributed by atoms with Crippen molar-refractivity contribution in [2.24, 2.45) is 0 Å². The number of aromatic hydroxyl groups is 1. The smallest absolute Gasteiger partial charge is 0.232 e. The van der Waals surface area contributed by atoms with Crippen LogP contribution in [-0.4, -0.2) is 19.7 Å². The maximum absolute atomic E-state index is 13.8. The summed E-state index contributed by atoms with van der Waals surface area (Å²) in [4.78, 5) is 4.35. The van der Waals surface area contributed by atoms with E-state index in [-0.39, 0.29) is 10.8 Å². The summed E-state index contributed by atoms with van der Waals surface area (Å²) in [6, 6.07) is 13.1. The molecule has 5 nitrogen and oxygen atoms in total. The fraction of sp³-hybridized carbons (Fsp3) is 0.143. The van der Waals surface area contributed by atoms with Gasteiger partial charge in [0.05, 0.1) is 16.9 Å². The van der Waals surface area contributed by atoms with E-state index in [0.29, 0.717) is 28.5 Å². The molecule has 8 heteroatoms. The molecule has 4 aromatic rings. The standard InChI is InChI=1S/C21H16Cl2FN3O2/c1-12(20-16(22)6-7-17(24)21(20)23)29-19-9-8-18-25-11-14(27(18)26-19)10-13-2-4-15(28)5-3-13/h2-9,11-12,28H,10H2,1H3. The minimum absolute atomic E-state index is 0.0678. The fourth-order valence-electron chi connectivity index (χ4n) is 3.07. The molecule has 2 aromatic carbocycles. The molecule has 0 aliphatic heterocycles. The van der Waals surface area contributed by atoms with Gasteiger partial charge < -0.3 is 9.84 Å². The monoisotopic (exact) mass is 431 g/mol. The third kappa shape index (κ3) is 3.99. The molecule has 4 rings (SSSR count). The van der Waals surface area contributed by atoms with Crippen molar-refractivity contribution in [2.45, 2.75) is 19.4 Å². The van der Waals surface area contributed by atoms with Crippen LogP contribution in [0.5, 0.6) is 11.6 Å². The van der Waals surface area contributed by atoms with Crippen molar-refractivity contribution >= 4 is 28.8 Å². The zero-order chi connectivity index (χ0) is 20.5. The van der Waals surface area contributed by atoms with E-state index < -0.39 is 11.9 Å². The number of ether oxygens (including phenoxy) is 1. The second-order valence-electron chi connectivity index (χ2n) is 6.55. The fourth-order valence-corrected chi connectivity index (χ4v) is 3.74. The minimum Gasteiger partial charge on any atom is -0.508 e. The molecule has 0 aliphatic carbocycles. The van der Waals surface area contributed by atoms with Crippen molar-refractivity contribution < 1.29 is 14.2 Å². The van der Waals surface area contributed by atoms with Crippen LogP contribution in [0.25, 0.3) is 5.65 Å². The van der Waals surface area contributed by atoms with Gasteiger partial charge in [0.25, 0.3) is 0 Å². The van der Waals surface area contributed by atoms with Gasteiger partial charge in [-0.1, -0.05) is 35.3 Å². The SMILES string of the molecule is CC(Oc1ccc2ncc(Cc3ccc(O)cc3)n2n1)c1c(Cl)ccc(F)c1Cl. The molecule has 1 atom stereocenters. The maximum Gasteiger partial charge on any atom is 0.232 e. The number of halogens is 3. The average Bonchev–Trinajstić information content (AvgIpc) is 3.09. The van der Waals surface area contributed by atoms with Crippen molar-refractivity contribution in [3.63, 3.8) is 0 Å². The molecule has 0 fully saturated rings. The molecule has 0 amide bonds. The first-order valence-electron chi connectivity index (χ1n) is 8.84. The van der Waals surface area contributed by atoms with E-state index in [4.69, 9.17) is 27.9 Å². The molecule has 2 heterocycles. The second-order valence-corrected chi connectivity index (χ2v) is 7.34. The zero-order valence-corrected chi connectivity index (χ0v) is 16.8. The molecule has 29 heavy (non-hydrogen) atoms. The molecule has 0 saturated carbocycles. The number of hydrogen-bond donors (Lipinski definition) is 1. The highest BCUT2D eigenvalue weighted by atomic mass is 35.5. The molecule has 0 saturated heterocycles. The molecular weight excluding hydrogens is 416 g/mol. The summed E-state index contributed by atoms with van der Waals surface area (Å²) in [5.41, 5.74) is 2.89. The van der Waals surface area contributed by atoms with Crippen LogP contribution in [0.4, 0.5) is 4.39 Å². The number of hydrogen-bond acceptors (Lipinski definition) is 4. The van der Waals surface area contributed by atoms with Crippen LogP contribution >= 0.6 is 23.2 Å². The van der Waals surface area contributed by atoms with Gasteiger partial charge in [0.1, 0.15) is 17.7 Å². The Morgan fingerprint density at radius 1 is 1.10 bits per heavy atom. The van der Waals surface area contributed by atoms with Crippen LogP contribution in [0.3, 0.4) is 0 Å². The summed E-state index contributed by atoms with van der Waals surface area (Å²) in [6.45, 7) is 1.73. The van der Waals surface area contributed by atoms with Crippen molar-refractivity contribution in [2.75, 3.05) is 0 Å². The number of rotatable bonds is 5. The number of imidazole rings is 1. The van der Waals surface area contributed by atoms with E-state index in [1.807, 2.05) is 12.1 Å². The first-order chi connectivity index (χ1) is 13.9. The van der Waals surface area contributed by atoms with Gasteiger partial charge in [0.15, 0.2) is 5.65 Å². The predicted molar refractivity (Wildman–Crippen MR) is 109 cm³/mol. The van der Waals surface area contributed by atoms with Crippen molar-refractivity contribution in [3.8, 4) is 11.6 Å². The maximum atomic E-state index is 13.8. The van der Waals surface area contributed by atoms with Gasteiger partial charge in [-0.2, -0.15) is 0 Å². The van der Waals surface area contributed by atoms with Gasteiger partial charge in [-0.15, -0.1) is 5.10 Å². The number of nitrogens with zero attached hydrogens (tertiary/aromatic N) is 3. The van der Waals surface area contributed by atoms with E-state index in [1.165, 1.54) is 12.1 Å². The van der Waals surface area contributed by atoms with Crippen LogP contribution < -0.4 is 4.74 Å². The summed E-state index contributed by atoms with van der Waals surface area (Å²) in [7, 11) is 0. The lowest BCUT2D eigenvalue weighted by molar-refractivity contribution is 0.214. The number of phenols is 1. The van der Waals surface area contributed by atoms with Crippen LogP contribution in [0.2, 0.25) is 10.0 Å². The Hall–Kier alpha value is -2.83. The predicted octanol–water partition coefficient (Wildman–Crippen LogP) is 5.61. The van der Waals surface area contributed by atoms with Gasteiger partial charge >= 0.3 is 0 Å². The van der Waals surface area contributed by atoms with Gasteiger partial charge in [-0.25, -0.2) is 13.9 Å². The molecule has 0 spiro atoms. The van der Waals surface area contributed by atoms with Gasteiger partial charge in [-0.05, 0) is 42.8 Å². The van der Waals surface area contributed by atoms with E-state index in [9.17, 15) is 9.50 Å². The van der Waals surface area contributed by atoms with Crippen molar-refractivity contribution in [3.05, 3.63) is 87.4 Å². The highest BCUT2D eigenvalue weighted by Gasteiger charge is 2.19. The van der Waals surface area contributed by atoms with E-state index in [2.05, 4.69) is 10.1 Å². The Morgan fingerprint density at radius 2 is 1.86 bits per heavy atom. The van der Waals surface area contributed by atoms with Crippen LogP contribution in [0.15, 0.2) is 54.7 Å². The summed E-state index contributed by atoms with van der Waals surface area (Å²) in [5, 5.41) is 14.2. The first kappa shape index (κ1) is 19.5. The van der Waals surface area contributed by atoms with Gasteiger partial charge in [0.2, 0.25) is 5.88 Å². The summed E-state index contributed by atoms with van der Waals surface area (Å²) in [5.74, 6) is -0.0218. The van der Waals surface area contributed by atoms with Crippen LogP contribution in [-0.2, 0) is 6.42 Å². The Labute approximate surface area is 176 Å². The molecule has 0 radical (unpaired) electrons. The van der Waals surface area contributed by atoms with E-state index >= 15 is 0 Å². The third-order valence-electron chi connectivity index (χ3n) is 4.51. The molecule has 1 N–H and O–H groups in total. The Balaban J connectivity index is 1.62. The van der Waals surface area contributed by atoms with E-state index in [1.54, 1.807) is 41.9 Å². The van der Waals surface area contributed by atoms with Gasteiger partial charge in [-0.3, -0.25) is 0 Å². The van der Waals surface area contributed by atoms with Gasteiger partial charge in [0, 0.05) is 23.1 Å². The third-order valence-corrected chi connectivity index (χ3v) is 5.23. The molecule has 0 bridgehead atoms. The Bertz CT molecular complexity index is 1180. The molecule has 148 valence electrons. The topological polar surface area (TPSA) is 59.7 Å². The van der Waals surface area contributed by atoms with Crippen molar-refractivity contribution in [1.29, 1.82) is 0 Å². The molecular formula is C21H16Cl2FN3O2. The second kappa shape index (κ2) is 7.89. The number of fused-ring (bicyclic) bond motifs is 1. The molecule has 2 aromatic heterocycles. The molecule has 0 aliphatic rings. The first-order valence-corrected chi connectivity index (χ1v) is 9.59. The van der Waals surface area contributed by atoms with Crippen LogP contribution in [0.1, 0.15) is 29.8 Å². The van der Waals surface area contributed by atoms with E-state index in [0.717, 1.165) is 11.3 Å².